The monoisotopic (exact) mass is 332 g/mol. The van der Waals surface area contributed by atoms with Crippen LogP contribution < -0.4 is 4.90 Å². The molecule has 0 N–H and O–H groups in total. The van der Waals surface area contributed by atoms with Crippen LogP contribution in [0.1, 0.15) is 11.1 Å². The molecule has 0 amide bonds. The lowest BCUT2D eigenvalue weighted by atomic mass is 10.1. The number of rotatable bonds is 5. The number of piperazine rings is 1. The zero-order valence-electron chi connectivity index (χ0n) is 14.5. The van der Waals surface area contributed by atoms with Crippen LogP contribution in [-0.4, -0.2) is 40.6 Å². The van der Waals surface area contributed by atoms with Gasteiger partial charge in [-0.05, 0) is 23.3 Å². The number of hydrogen-bond donors (Lipinski definition) is 0. The van der Waals surface area contributed by atoms with E-state index in [1.54, 1.807) is 0 Å². The number of anilines is 1. The molecule has 1 fully saturated rings. The summed E-state index contributed by atoms with van der Waals surface area (Å²) in [6, 6.07) is 19.6. The molecule has 0 bridgehead atoms. The molecule has 128 valence electrons. The van der Waals surface area contributed by atoms with Crippen molar-refractivity contribution >= 4 is 5.69 Å². The van der Waals surface area contributed by atoms with Crippen LogP contribution in [0.25, 0.3) is 0 Å². The molecular weight excluding hydrogens is 308 g/mol. The van der Waals surface area contributed by atoms with Gasteiger partial charge in [0.25, 0.3) is 0 Å². The maximum absolute atomic E-state index is 4.12. The van der Waals surface area contributed by atoms with Crippen LogP contribution in [0.4, 0.5) is 5.69 Å². The number of hydrogen-bond acceptors (Lipinski definition) is 3. The second-order valence-corrected chi connectivity index (χ2v) is 6.65. The zero-order valence-corrected chi connectivity index (χ0v) is 14.5. The van der Waals surface area contributed by atoms with E-state index in [1.807, 2.05) is 18.7 Å². The minimum Gasteiger partial charge on any atom is -0.369 e. The highest BCUT2D eigenvalue weighted by Gasteiger charge is 2.17. The maximum Gasteiger partial charge on any atom is 0.0949 e. The lowest BCUT2D eigenvalue weighted by molar-refractivity contribution is 0.250. The Morgan fingerprint density at radius 3 is 2.36 bits per heavy atom. The summed E-state index contributed by atoms with van der Waals surface area (Å²) >= 11 is 0. The van der Waals surface area contributed by atoms with Gasteiger partial charge in [-0.2, -0.15) is 0 Å². The van der Waals surface area contributed by atoms with Crippen LogP contribution in [-0.2, 0) is 13.1 Å². The fraction of sp³-hybridized carbons (Fsp3) is 0.286. The molecule has 4 nitrogen and oxygen atoms in total. The van der Waals surface area contributed by atoms with Crippen molar-refractivity contribution in [3.63, 3.8) is 0 Å². The average Bonchev–Trinajstić information content (AvgIpc) is 3.16. The molecule has 3 aromatic rings. The summed E-state index contributed by atoms with van der Waals surface area (Å²) in [5.74, 6) is 0. The van der Waals surface area contributed by atoms with Crippen molar-refractivity contribution in [3.8, 4) is 0 Å². The molecule has 0 aliphatic carbocycles. The van der Waals surface area contributed by atoms with Gasteiger partial charge in [0.1, 0.15) is 0 Å². The van der Waals surface area contributed by atoms with Crippen molar-refractivity contribution in [1.29, 1.82) is 0 Å². The maximum atomic E-state index is 4.12. The van der Waals surface area contributed by atoms with Crippen molar-refractivity contribution < 1.29 is 0 Å². The van der Waals surface area contributed by atoms with E-state index in [-0.39, 0.29) is 0 Å². The first-order valence-electron chi connectivity index (χ1n) is 8.93. The Balaban J connectivity index is 1.36. The van der Waals surface area contributed by atoms with Crippen molar-refractivity contribution in [2.45, 2.75) is 13.1 Å². The van der Waals surface area contributed by atoms with E-state index >= 15 is 0 Å². The molecule has 0 spiro atoms. The Labute approximate surface area is 149 Å². The van der Waals surface area contributed by atoms with Crippen LogP contribution in [0, 0.1) is 0 Å². The van der Waals surface area contributed by atoms with E-state index in [0.717, 1.165) is 39.3 Å². The molecule has 1 saturated heterocycles. The van der Waals surface area contributed by atoms with Gasteiger partial charge in [-0.3, -0.25) is 4.90 Å². The molecule has 4 heteroatoms. The average molecular weight is 332 g/mol. The molecule has 0 atom stereocenters. The summed E-state index contributed by atoms with van der Waals surface area (Å²) in [4.78, 5) is 9.16. The molecule has 0 saturated carbocycles. The third-order valence-corrected chi connectivity index (χ3v) is 4.82. The quantitative estimate of drug-likeness (QED) is 0.717. The van der Waals surface area contributed by atoms with Gasteiger partial charge in [-0.1, -0.05) is 42.5 Å². The van der Waals surface area contributed by atoms with Crippen LogP contribution in [0.15, 0.2) is 73.3 Å². The van der Waals surface area contributed by atoms with Crippen molar-refractivity contribution in [3.05, 3.63) is 84.4 Å². The van der Waals surface area contributed by atoms with Crippen LogP contribution in [0.3, 0.4) is 0 Å². The van der Waals surface area contributed by atoms with Gasteiger partial charge in [0.15, 0.2) is 0 Å². The Hall–Kier alpha value is -2.59. The number of aromatic nitrogens is 2. The van der Waals surface area contributed by atoms with Crippen molar-refractivity contribution in [1.82, 2.24) is 14.5 Å². The summed E-state index contributed by atoms with van der Waals surface area (Å²) in [7, 11) is 0. The molecule has 0 radical (unpaired) electrons. The Bertz CT molecular complexity index is 775. The third-order valence-electron chi connectivity index (χ3n) is 4.82. The molecule has 2 aromatic carbocycles. The summed E-state index contributed by atoms with van der Waals surface area (Å²) in [5.41, 5.74) is 4.05. The minimum absolute atomic E-state index is 0.877. The predicted molar refractivity (Wildman–Crippen MR) is 102 cm³/mol. The molecule has 4 rings (SSSR count). The van der Waals surface area contributed by atoms with Gasteiger partial charge in [-0.15, -0.1) is 0 Å². The van der Waals surface area contributed by atoms with Crippen LogP contribution >= 0.6 is 0 Å². The first kappa shape index (κ1) is 15.9. The topological polar surface area (TPSA) is 24.3 Å². The normalized spacial score (nSPS) is 15.4. The molecule has 25 heavy (non-hydrogen) atoms. The second-order valence-electron chi connectivity index (χ2n) is 6.65. The molecule has 2 heterocycles. The highest BCUT2D eigenvalue weighted by atomic mass is 15.3. The highest BCUT2D eigenvalue weighted by Crippen LogP contribution is 2.19. The van der Waals surface area contributed by atoms with Gasteiger partial charge >= 0.3 is 0 Å². The lowest BCUT2D eigenvalue weighted by Gasteiger charge is -2.36. The first-order valence-corrected chi connectivity index (χ1v) is 8.93. The summed E-state index contributed by atoms with van der Waals surface area (Å²) in [5, 5.41) is 0. The second kappa shape index (κ2) is 7.53. The third kappa shape index (κ3) is 4.09. The number of imidazole rings is 1. The van der Waals surface area contributed by atoms with Crippen LogP contribution in [0.2, 0.25) is 0 Å². The Kier molecular flexibility index (Phi) is 4.79. The van der Waals surface area contributed by atoms with Gasteiger partial charge in [-0.25, -0.2) is 4.98 Å². The smallest absolute Gasteiger partial charge is 0.0949 e. The predicted octanol–water partition coefficient (Wildman–Crippen LogP) is 3.25. The van der Waals surface area contributed by atoms with E-state index in [9.17, 15) is 0 Å². The molecule has 1 aliphatic rings. The Morgan fingerprint density at radius 2 is 1.60 bits per heavy atom. The minimum atomic E-state index is 0.877. The summed E-state index contributed by atoms with van der Waals surface area (Å²) < 4.78 is 2.11. The standard InChI is InChI=1S/C21H24N4/c1-2-5-19(6-3-1)16-23-11-13-25(14-12-23)21-8-4-7-20(15-21)17-24-10-9-22-18-24/h1-10,15,18H,11-14,16-17H2. The van der Waals surface area contributed by atoms with E-state index in [0.29, 0.717) is 0 Å². The molecule has 0 unspecified atom stereocenters. The van der Waals surface area contributed by atoms with E-state index in [1.165, 1.54) is 16.8 Å². The number of benzene rings is 2. The van der Waals surface area contributed by atoms with E-state index < -0.39 is 0 Å². The van der Waals surface area contributed by atoms with Crippen molar-refractivity contribution in [2.24, 2.45) is 0 Å². The van der Waals surface area contributed by atoms with Gasteiger partial charge in [0.05, 0.1) is 6.33 Å². The molecule has 1 aromatic heterocycles. The molecular formula is C21H24N4. The van der Waals surface area contributed by atoms with Gasteiger partial charge in [0.2, 0.25) is 0 Å². The van der Waals surface area contributed by atoms with Crippen molar-refractivity contribution in [2.75, 3.05) is 31.1 Å². The SMILES string of the molecule is c1ccc(CN2CCN(c3cccc(Cn4ccnc4)c3)CC2)cc1. The fourth-order valence-electron chi connectivity index (χ4n) is 3.45. The largest absolute Gasteiger partial charge is 0.369 e. The van der Waals surface area contributed by atoms with Gasteiger partial charge in [0, 0.05) is 57.3 Å². The highest BCUT2D eigenvalue weighted by molar-refractivity contribution is 5.49. The van der Waals surface area contributed by atoms with Crippen LogP contribution in [0.5, 0.6) is 0 Å². The number of nitrogens with zero attached hydrogens (tertiary/aromatic N) is 4. The lowest BCUT2D eigenvalue weighted by Crippen LogP contribution is -2.46. The fourth-order valence-corrected chi connectivity index (χ4v) is 3.45. The van der Waals surface area contributed by atoms with E-state index in [2.05, 4.69) is 73.9 Å². The Morgan fingerprint density at radius 1 is 0.800 bits per heavy atom. The van der Waals surface area contributed by atoms with Gasteiger partial charge < -0.3 is 9.47 Å². The van der Waals surface area contributed by atoms with E-state index in [4.69, 9.17) is 0 Å². The summed E-state index contributed by atoms with van der Waals surface area (Å²) in [6.07, 6.45) is 5.71. The zero-order chi connectivity index (χ0) is 16.9. The molecule has 1 aliphatic heterocycles. The first-order chi connectivity index (χ1) is 12.4. The summed E-state index contributed by atoms with van der Waals surface area (Å²) in [6.45, 7) is 6.32.